The molecule has 0 saturated heterocycles. The van der Waals surface area contributed by atoms with Gasteiger partial charge in [0.2, 0.25) is 0 Å². The highest BCUT2D eigenvalue weighted by molar-refractivity contribution is 6.30. The number of benzene rings is 3. The van der Waals surface area contributed by atoms with Gasteiger partial charge in [0, 0.05) is 26.7 Å². The molecule has 0 atom stereocenters. The summed E-state index contributed by atoms with van der Waals surface area (Å²) in [7, 11) is 0. The third-order valence-electron chi connectivity index (χ3n) is 5.32. The van der Waals surface area contributed by atoms with Crippen LogP contribution in [-0.2, 0) is 6.18 Å². The van der Waals surface area contributed by atoms with Crippen LogP contribution in [0.15, 0.2) is 84.9 Å². The van der Waals surface area contributed by atoms with Crippen molar-refractivity contribution >= 4 is 23.2 Å². The number of nitrogens with zero attached hydrogens (tertiary/aromatic N) is 4. The van der Waals surface area contributed by atoms with Crippen LogP contribution in [0.3, 0.4) is 0 Å². The molecule has 36 heavy (non-hydrogen) atoms. The second kappa shape index (κ2) is 9.37. The SMILES string of the molecule is Fc1ccc(-c2cc(C(F)(F)F)nc(-n3nc(-c4ccc(Cl)cc4)cc3-c3ccc(Cl)cc3)n2)cc1. The minimum atomic E-state index is -4.75. The fourth-order valence-electron chi connectivity index (χ4n) is 3.56. The third-order valence-corrected chi connectivity index (χ3v) is 5.83. The van der Waals surface area contributed by atoms with E-state index in [2.05, 4.69) is 15.1 Å². The van der Waals surface area contributed by atoms with Crippen LogP contribution >= 0.6 is 23.2 Å². The van der Waals surface area contributed by atoms with Gasteiger partial charge in [-0.05, 0) is 60.7 Å². The maximum atomic E-state index is 13.8. The Balaban J connectivity index is 1.74. The Morgan fingerprint density at radius 2 is 1.17 bits per heavy atom. The molecule has 0 aliphatic carbocycles. The largest absolute Gasteiger partial charge is 0.433 e. The molecule has 0 spiro atoms. The molecule has 2 heterocycles. The van der Waals surface area contributed by atoms with Gasteiger partial charge in [0.05, 0.1) is 17.1 Å². The molecule has 180 valence electrons. The predicted octanol–water partition coefficient (Wildman–Crippen LogP) is 8.13. The lowest BCUT2D eigenvalue weighted by atomic mass is 10.1. The first kappa shape index (κ1) is 24.0. The number of hydrogen-bond donors (Lipinski definition) is 0. The molecule has 5 rings (SSSR count). The van der Waals surface area contributed by atoms with Crippen molar-refractivity contribution in [3.63, 3.8) is 0 Å². The van der Waals surface area contributed by atoms with Gasteiger partial charge in [-0.15, -0.1) is 0 Å². The first-order chi connectivity index (χ1) is 17.2. The number of halogens is 6. The van der Waals surface area contributed by atoms with E-state index in [4.69, 9.17) is 23.2 Å². The van der Waals surface area contributed by atoms with Gasteiger partial charge in [0.25, 0.3) is 5.95 Å². The smallest absolute Gasteiger partial charge is 0.211 e. The second-order valence-electron chi connectivity index (χ2n) is 7.78. The second-order valence-corrected chi connectivity index (χ2v) is 8.66. The Morgan fingerprint density at radius 3 is 1.75 bits per heavy atom. The van der Waals surface area contributed by atoms with Crippen molar-refractivity contribution in [1.82, 2.24) is 19.7 Å². The van der Waals surface area contributed by atoms with E-state index >= 15 is 0 Å². The fraction of sp³-hybridized carbons (Fsp3) is 0.0385. The van der Waals surface area contributed by atoms with Crippen LogP contribution in [0.4, 0.5) is 17.6 Å². The van der Waals surface area contributed by atoms with E-state index in [1.54, 1.807) is 54.6 Å². The van der Waals surface area contributed by atoms with Gasteiger partial charge in [-0.25, -0.2) is 14.4 Å². The highest BCUT2D eigenvalue weighted by atomic mass is 35.5. The Hall–Kier alpha value is -3.75. The van der Waals surface area contributed by atoms with E-state index in [0.717, 1.165) is 18.2 Å². The highest BCUT2D eigenvalue weighted by Gasteiger charge is 2.34. The molecule has 0 bridgehead atoms. The fourth-order valence-corrected chi connectivity index (χ4v) is 3.82. The molecule has 2 aromatic heterocycles. The summed E-state index contributed by atoms with van der Waals surface area (Å²) >= 11 is 12.0. The number of hydrogen-bond acceptors (Lipinski definition) is 3. The molecular weight excluding hydrogens is 515 g/mol. The van der Waals surface area contributed by atoms with Crippen molar-refractivity contribution in [2.75, 3.05) is 0 Å². The minimum absolute atomic E-state index is 0.0297. The number of aromatic nitrogens is 4. The molecule has 0 amide bonds. The molecule has 0 unspecified atom stereocenters. The van der Waals surface area contributed by atoms with Gasteiger partial charge in [0.1, 0.15) is 5.82 Å². The van der Waals surface area contributed by atoms with E-state index in [1.165, 1.54) is 16.8 Å². The summed E-state index contributed by atoms with van der Waals surface area (Å²) in [5, 5.41) is 5.57. The molecule has 0 aliphatic rings. The summed E-state index contributed by atoms with van der Waals surface area (Å²) in [5.41, 5.74) is 1.36. The Morgan fingerprint density at radius 1 is 0.639 bits per heavy atom. The first-order valence-corrected chi connectivity index (χ1v) is 11.3. The first-order valence-electron chi connectivity index (χ1n) is 10.5. The Labute approximate surface area is 212 Å². The van der Waals surface area contributed by atoms with Crippen LogP contribution in [-0.4, -0.2) is 19.7 Å². The van der Waals surface area contributed by atoms with Gasteiger partial charge < -0.3 is 0 Å². The summed E-state index contributed by atoms with van der Waals surface area (Å²) in [5.74, 6) is -0.817. The minimum Gasteiger partial charge on any atom is -0.211 e. The molecule has 10 heteroatoms. The predicted molar refractivity (Wildman–Crippen MR) is 130 cm³/mol. The molecule has 0 aliphatic heterocycles. The maximum absolute atomic E-state index is 13.8. The average molecular weight is 529 g/mol. The molecule has 4 nitrogen and oxygen atoms in total. The van der Waals surface area contributed by atoms with Crippen LogP contribution in [0.1, 0.15) is 5.69 Å². The lowest BCUT2D eigenvalue weighted by Crippen LogP contribution is -2.14. The summed E-state index contributed by atoms with van der Waals surface area (Å²) in [6, 6.07) is 21.2. The molecular formula is C26H14Cl2F4N4. The van der Waals surface area contributed by atoms with Crippen molar-refractivity contribution in [3.8, 4) is 39.7 Å². The van der Waals surface area contributed by atoms with Crippen LogP contribution < -0.4 is 0 Å². The van der Waals surface area contributed by atoms with Gasteiger partial charge >= 0.3 is 6.18 Å². The van der Waals surface area contributed by atoms with E-state index in [9.17, 15) is 17.6 Å². The van der Waals surface area contributed by atoms with E-state index in [1.807, 2.05) is 0 Å². The van der Waals surface area contributed by atoms with Gasteiger partial charge in [-0.3, -0.25) is 0 Å². The number of rotatable bonds is 4. The van der Waals surface area contributed by atoms with E-state index < -0.39 is 17.7 Å². The highest BCUT2D eigenvalue weighted by Crippen LogP contribution is 2.33. The normalized spacial score (nSPS) is 11.6. The zero-order valence-corrected chi connectivity index (χ0v) is 19.7. The van der Waals surface area contributed by atoms with Crippen molar-refractivity contribution in [3.05, 3.63) is 106 Å². The molecule has 0 fully saturated rings. The molecule has 5 aromatic rings. The van der Waals surface area contributed by atoms with Crippen LogP contribution in [0, 0.1) is 5.82 Å². The van der Waals surface area contributed by atoms with Crippen molar-refractivity contribution in [2.24, 2.45) is 0 Å². The number of alkyl halides is 3. The Bertz CT molecular complexity index is 1530. The Kier molecular flexibility index (Phi) is 6.24. The van der Waals surface area contributed by atoms with Crippen LogP contribution in [0.5, 0.6) is 0 Å². The third kappa shape index (κ3) is 4.96. The van der Waals surface area contributed by atoms with Gasteiger partial charge in [-0.2, -0.15) is 23.0 Å². The zero-order chi connectivity index (χ0) is 25.4. The van der Waals surface area contributed by atoms with Crippen LogP contribution in [0.2, 0.25) is 10.0 Å². The standard InChI is InChI=1S/C26H14Cl2F4N4/c27-18-7-1-16(2-8-18)22-13-23(17-3-9-19(28)10-4-17)36(35-22)25-33-21(14-24(34-25)26(30,31)32)15-5-11-20(29)12-6-15/h1-14H. The van der Waals surface area contributed by atoms with E-state index in [-0.39, 0.29) is 11.6 Å². The summed E-state index contributed by atoms with van der Waals surface area (Å²) in [4.78, 5) is 8.15. The topological polar surface area (TPSA) is 43.6 Å². The molecule has 0 N–H and O–H groups in total. The molecule has 0 saturated carbocycles. The van der Waals surface area contributed by atoms with Crippen molar-refractivity contribution in [1.29, 1.82) is 0 Å². The molecule has 3 aromatic carbocycles. The summed E-state index contributed by atoms with van der Waals surface area (Å²) < 4.78 is 56.1. The molecule has 0 radical (unpaired) electrons. The zero-order valence-electron chi connectivity index (χ0n) is 18.1. The maximum Gasteiger partial charge on any atom is 0.433 e. The monoisotopic (exact) mass is 528 g/mol. The summed E-state index contributed by atoms with van der Waals surface area (Å²) in [6.45, 7) is 0. The van der Waals surface area contributed by atoms with Crippen molar-refractivity contribution in [2.45, 2.75) is 6.18 Å². The summed E-state index contributed by atoms with van der Waals surface area (Å²) in [6.07, 6.45) is -4.75. The van der Waals surface area contributed by atoms with E-state index in [0.29, 0.717) is 38.1 Å². The van der Waals surface area contributed by atoms with Gasteiger partial charge in [-0.1, -0.05) is 47.5 Å². The lowest BCUT2D eigenvalue weighted by Gasteiger charge is -2.12. The average Bonchev–Trinajstić information content (AvgIpc) is 3.30. The quantitative estimate of drug-likeness (QED) is 0.221. The van der Waals surface area contributed by atoms with Gasteiger partial charge in [0.15, 0.2) is 5.69 Å². The van der Waals surface area contributed by atoms with Crippen molar-refractivity contribution < 1.29 is 17.6 Å². The van der Waals surface area contributed by atoms with Crippen LogP contribution in [0.25, 0.3) is 39.7 Å². The lowest BCUT2D eigenvalue weighted by molar-refractivity contribution is -0.141.